The Kier molecular flexibility index (Phi) is 7480000. The van der Waals surface area contributed by atoms with E-state index >= 15 is 0 Å². The van der Waals surface area contributed by atoms with Crippen molar-refractivity contribution in [2.24, 2.45) is 0 Å². The van der Waals surface area contributed by atoms with E-state index in [0.29, 0.717) is 0 Å². The van der Waals surface area contributed by atoms with E-state index in [4.69, 9.17) is 0 Å². The molecule has 8 heteroatoms. The minimum absolute atomic E-state index is 0. The topological polar surface area (TPSA) is 210 Å². The second-order valence-electron chi connectivity index (χ2n) is 0. The molecule has 0 saturated carbocycles. The van der Waals surface area contributed by atoms with E-state index in [0.717, 1.165) is 0 Å². The largest absolute Gasteiger partial charge is 4.00 e. The predicted molar refractivity (Wildman–Crippen MR) is 16.8 cm³/mol. The smallest absolute Gasteiger partial charge is 0.870 e. The van der Waals surface area contributed by atoms with Crippen LogP contribution in [0.4, 0.5) is 0 Å². The second kappa shape index (κ2) is 6810. The van der Waals surface area contributed by atoms with Crippen LogP contribution >= 0.6 is 0 Å². The van der Waals surface area contributed by atoms with Gasteiger partial charge in [0.05, 0.1) is 0 Å². The van der Waals surface area contributed by atoms with Gasteiger partial charge in [0, 0.05) is 0 Å². The first-order valence-electron chi connectivity index (χ1n) is 0. The van der Waals surface area contributed by atoms with Crippen LogP contribution in [-0.2, 0) is 17.4 Å². The van der Waals surface area contributed by atoms with Gasteiger partial charge in [-0.15, -0.1) is 0 Å². The normalized spacial score (nSPS) is 0. The van der Waals surface area contributed by atoms with Gasteiger partial charge >= 0.3 is 24.8 Å². The molecule has 7 nitrogen and oxygen atoms in total. The van der Waals surface area contributed by atoms with Gasteiger partial charge in [0.15, 0.2) is 0 Å². The molecule has 0 aliphatic rings. The third-order valence-corrected chi connectivity index (χ3v) is 0. The molecule has 0 fully saturated rings. The summed E-state index contributed by atoms with van der Waals surface area (Å²) in [6.07, 6.45) is 0. The first kappa shape index (κ1) is 9890. The van der Waals surface area contributed by atoms with Crippen LogP contribution in [-0.4, -0.2) is 38.3 Å². The second-order valence-corrected chi connectivity index (χ2v) is 0. The molecule has 0 aliphatic carbocycles. The third kappa shape index (κ3) is 5060. The monoisotopic (exact) mass is 183 g/mol. The van der Waals surface area contributed by atoms with Gasteiger partial charge in [0.2, 0.25) is 0 Å². The quantitative estimate of drug-likeness (QED) is 0.448. The van der Waals surface area contributed by atoms with Crippen LogP contribution in [0.25, 0.3) is 0 Å². The van der Waals surface area contributed by atoms with E-state index < -0.39 is 0 Å². The van der Waals surface area contributed by atoms with E-state index in [9.17, 15) is 0 Å². The minimum Gasteiger partial charge on any atom is -0.870 e. The summed E-state index contributed by atoms with van der Waals surface area (Å²) in [5.41, 5.74) is 0. The fourth-order valence-electron chi connectivity index (χ4n) is 0. The van der Waals surface area contributed by atoms with E-state index in [-0.39, 0.29) is 63.1 Å². The first-order valence-corrected chi connectivity index (χ1v) is 0. The Bertz CT molecular complexity index is 8.88. The SMILES string of the molecule is [C+4].[Cr+3].[OH-].[OH-].[OH-].[OH-].[OH-].[OH-].[OH-]. The zero-order valence-corrected chi connectivity index (χ0v) is 5.31. The Balaban J connectivity index is 0. The Labute approximate surface area is 64.0 Å². The summed E-state index contributed by atoms with van der Waals surface area (Å²) in [6.45, 7) is 0. The molecule has 0 atom stereocenters. The van der Waals surface area contributed by atoms with E-state index in [2.05, 4.69) is 0 Å². The molecule has 0 rings (SSSR count). The van der Waals surface area contributed by atoms with E-state index in [1.165, 1.54) is 0 Å². The summed E-state index contributed by atoms with van der Waals surface area (Å²) in [7, 11) is 0. The van der Waals surface area contributed by atoms with Crippen LogP contribution in [0.2, 0.25) is 0 Å². The molecule has 0 heterocycles. The first-order chi connectivity index (χ1) is 0. The molecule has 0 spiro atoms. The van der Waals surface area contributed by atoms with Crippen molar-refractivity contribution in [3.8, 4) is 0 Å². The molecular formula is CH7CrO7. The minimum atomic E-state index is 0. The third-order valence-electron chi connectivity index (χ3n) is 0. The Hall–Kier alpha value is 0.252. The van der Waals surface area contributed by atoms with Gasteiger partial charge in [-0.2, -0.15) is 0 Å². The molecule has 0 aliphatic heterocycles. The van der Waals surface area contributed by atoms with Gasteiger partial charge in [-0.1, -0.05) is 0 Å². The van der Waals surface area contributed by atoms with E-state index in [1.54, 1.807) is 0 Å². The maximum atomic E-state index is 0. The molecule has 1 radical (unpaired) electrons. The molecular weight excluding hydrogens is 176 g/mol. The zero-order valence-electron chi connectivity index (χ0n) is 4.04. The van der Waals surface area contributed by atoms with Crippen LogP contribution in [0.15, 0.2) is 0 Å². The van der Waals surface area contributed by atoms with Crippen molar-refractivity contribution in [3.63, 3.8) is 0 Å². The average molecular weight is 183 g/mol. The molecule has 0 unspecified atom stereocenters. The van der Waals surface area contributed by atoms with Crippen molar-refractivity contribution in [1.29, 1.82) is 0 Å². The van der Waals surface area contributed by atoms with Gasteiger partial charge in [-0.3, -0.25) is 0 Å². The Morgan fingerprint density at radius 3 is 0.333 bits per heavy atom. The van der Waals surface area contributed by atoms with Gasteiger partial charge < -0.3 is 38.3 Å². The molecule has 7 N–H and O–H groups in total. The molecule has 0 aromatic carbocycles. The summed E-state index contributed by atoms with van der Waals surface area (Å²) >= 11 is 0. The maximum absolute atomic E-state index is 0. The van der Waals surface area contributed by atoms with Crippen LogP contribution in [0.5, 0.6) is 0 Å². The van der Waals surface area contributed by atoms with Crippen LogP contribution < -0.4 is 0 Å². The summed E-state index contributed by atoms with van der Waals surface area (Å²) in [6, 6.07) is 0. The van der Waals surface area contributed by atoms with Gasteiger partial charge in [-0.05, 0) is 0 Å². The molecule has 0 amide bonds. The summed E-state index contributed by atoms with van der Waals surface area (Å²) < 4.78 is 0. The van der Waals surface area contributed by atoms with Crippen LogP contribution in [0, 0.1) is 7.43 Å². The van der Waals surface area contributed by atoms with Crippen molar-refractivity contribution in [1.82, 2.24) is 0 Å². The Morgan fingerprint density at radius 2 is 0.333 bits per heavy atom. The summed E-state index contributed by atoms with van der Waals surface area (Å²) in [5, 5.41) is 0. The fraction of sp³-hybridized carbons (Fsp3) is 0. The average Bonchev–Trinajstić information content (AvgIpc) is 0. The van der Waals surface area contributed by atoms with Gasteiger partial charge in [0.1, 0.15) is 0 Å². The number of hydrogen-bond donors (Lipinski definition) is 0. The Morgan fingerprint density at radius 1 is 0.333 bits per heavy atom. The molecule has 0 aromatic heterocycles. The van der Waals surface area contributed by atoms with Crippen molar-refractivity contribution < 1.29 is 55.7 Å². The standard InChI is InChI=1S/C.Cr.7H2O/h;;7*1H2/q+4;+3;;;;;;;/p-7. The number of hydrogen-bond acceptors (Lipinski definition) is 7. The molecule has 0 saturated heterocycles. The maximum Gasteiger partial charge on any atom is 4.00 e. The summed E-state index contributed by atoms with van der Waals surface area (Å²) in [4.78, 5) is 0. The van der Waals surface area contributed by atoms with Crippen molar-refractivity contribution in [2.45, 2.75) is 0 Å². The number of rotatable bonds is 0. The summed E-state index contributed by atoms with van der Waals surface area (Å²) in [5.74, 6) is 0. The van der Waals surface area contributed by atoms with Gasteiger partial charge in [-0.25, -0.2) is 0 Å². The zero-order chi connectivity index (χ0) is 0. The molecule has 0 bridgehead atoms. The van der Waals surface area contributed by atoms with Crippen molar-refractivity contribution in [2.75, 3.05) is 0 Å². The van der Waals surface area contributed by atoms with Crippen LogP contribution in [0.3, 0.4) is 0 Å². The van der Waals surface area contributed by atoms with Crippen molar-refractivity contribution in [3.05, 3.63) is 7.43 Å². The molecule has 59 valence electrons. The van der Waals surface area contributed by atoms with Crippen LogP contribution in [0.1, 0.15) is 0 Å². The fourth-order valence-corrected chi connectivity index (χ4v) is 0. The predicted octanol–water partition coefficient (Wildman–Crippen LogP) is -1.16. The van der Waals surface area contributed by atoms with Crippen molar-refractivity contribution >= 4 is 0 Å². The van der Waals surface area contributed by atoms with E-state index in [1.807, 2.05) is 0 Å². The molecule has 0 aromatic rings. The molecule has 9 heavy (non-hydrogen) atoms. The van der Waals surface area contributed by atoms with Gasteiger partial charge in [0.25, 0.3) is 0 Å².